The Morgan fingerprint density at radius 3 is 2.95 bits per heavy atom. The number of nitrogens with zero attached hydrogens (tertiary/aromatic N) is 1. The molecule has 0 radical (unpaired) electrons. The average Bonchev–Trinajstić information content (AvgIpc) is 2.46. The van der Waals surface area contributed by atoms with E-state index in [0.29, 0.717) is 23.7 Å². The van der Waals surface area contributed by atoms with E-state index >= 15 is 0 Å². The SMILES string of the molecule is C=CCNC(=O)c1cccc(Oc2ccccn2)c1. The van der Waals surface area contributed by atoms with E-state index in [1.54, 1.807) is 42.6 Å². The fraction of sp³-hybridized carbons (Fsp3) is 0.0667. The quantitative estimate of drug-likeness (QED) is 0.835. The molecule has 1 heterocycles. The number of amides is 1. The first-order chi connectivity index (χ1) is 9.29. The number of hydrogen-bond donors (Lipinski definition) is 1. The molecule has 0 unspecified atom stereocenters. The molecular formula is C15H14N2O2. The first-order valence-electron chi connectivity index (χ1n) is 5.87. The molecule has 19 heavy (non-hydrogen) atoms. The van der Waals surface area contributed by atoms with Gasteiger partial charge in [0.1, 0.15) is 5.75 Å². The number of nitrogens with one attached hydrogen (secondary N) is 1. The Labute approximate surface area is 111 Å². The van der Waals surface area contributed by atoms with E-state index in [2.05, 4.69) is 16.9 Å². The smallest absolute Gasteiger partial charge is 0.251 e. The van der Waals surface area contributed by atoms with Gasteiger partial charge < -0.3 is 10.1 Å². The molecular weight excluding hydrogens is 240 g/mol. The van der Waals surface area contributed by atoms with E-state index in [4.69, 9.17) is 4.74 Å². The number of rotatable bonds is 5. The Balaban J connectivity index is 2.11. The number of carbonyl (C=O) groups excluding carboxylic acids is 1. The predicted molar refractivity (Wildman–Crippen MR) is 73.3 cm³/mol. The highest BCUT2D eigenvalue weighted by Gasteiger charge is 2.06. The molecule has 0 spiro atoms. The van der Waals surface area contributed by atoms with E-state index in [-0.39, 0.29) is 5.91 Å². The largest absolute Gasteiger partial charge is 0.439 e. The Bertz CT molecular complexity index is 567. The highest BCUT2D eigenvalue weighted by molar-refractivity contribution is 5.94. The van der Waals surface area contributed by atoms with Gasteiger partial charge in [0.05, 0.1) is 0 Å². The van der Waals surface area contributed by atoms with Crippen molar-refractivity contribution in [2.45, 2.75) is 0 Å². The van der Waals surface area contributed by atoms with Crippen LogP contribution in [0.5, 0.6) is 11.6 Å². The van der Waals surface area contributed by atoms with Crippen molar-refractivity contribution in [1.82, 2.24) is 10.3 Å². The van der Waals surface area contributed by atoms with Crippen LogP contribution in [0.2, 0.25) is 0 Å². The zero-order valence-corrected chi connectivity index (χ0v) is 10.4. The minimum atomic E-state index is -0.161. The normalized spacial score (nSPS) is 9.68. The van der Waals surface area contributed by atoms with Gasteiger partial charge in [-0.1, -0.05) is 18.2 Å². The van der Waals surface area contributed by atoms with E-state index in [0.717, 1.165) is 0 Å². The summed E-state index contributed by atoms with van der Waals surface area (Å²) in [6, 6.07) is 12.3. The van der Waals surface area contributed by atoms with Gasteiger partial charge in [-0.25, -0.2) is 4.98 Å². The standard InChI is InChI=1S/C15H14N2O2/c1-2-9-17-15(18)12-6-5-7-13(11-12)19-14-8-3-4-10-16-14/h2-8,10-11H,1,9H2,(H,17,18). The number of ether oxygens (including phenoxy) is 1. The number of carbonyl (C=O) groups is 1. The second-order valence-corrected chi connectivity index (χ2v) is 3.80. The first kappa shape index (κ1) is 12.8. The molecule has 0 aliphatic heterocycles. The fourth-order valence-corrected chi connectivity index (χ4v) is 1.50. The van der Waals surface area contributed by atoms with Gasteiger partial charge in [0.2, 0.25) is 5.88 Å². The summed E-state index contributed by atoms with van der Waals surface area (Å²) >= 11 is 0. The van der Waals surface area contributed by atoms with Crippen molar-refractivity contribution in [1.29, 1.82) is 0 Å². The molecule has 1 amide bonds. The third-order valence-corrected chi connectivity index (χ3v) is 2.36. The molecule has 1 aromatic heterocycles. The maximum atomic E-state index is 11.8. The summed E-state index contributed by atoms with van der Waals surface area (Å²) in [6.45, 7) is 3.99. The van der Waals surface area contributed by atoms with Gasteiger partial charge in [-0.3, -0.25) is 4.79 Å². The molecule has 96 valence electrons. The van der Waals surface area contributed by atoms with Crippen molar-refractivity contribution in [2.24, 2.45) is 0 Å². The van der Waals surface area contributed by atoms with Crippen LogP contribution in [0.3, 0.4) is 0 Å². The van der Waals surface area contributed by atoms with Crippen LogP contribution in [-0.2, 0) is 0 Å². The summed E-state index contributed by atoms with van der Waals surface area (Å²) in [4.78, 5) is 15.8. The lowest BCUT2D eigenvalue weighted by molar-refractivity contribution is 0.0957. The molecule has 2 aromatic rings. The maximum absolute atomic E-state index is 11.8. The third kappa shape index (κ3) is 3.67. The fourth-order valence-electron chi connectivity index (χ4n) is 1.50. The average molecular weight is 254 g/mol. The van der Waals surface area contributed by atoms with Crippen molar-refractivity contribution in [3.05, 3.63) is 66.9 Å². The second kappa shape index (κ2) is 6.35. The summed E-state index contributed by atoms with van der Waals surface area (Å²) in [5.41, 5.74) is 0.537. The van der Waals surface area contributed by atoms with Crippen molar-refractivity contribution < 1.29 is 9.53 Å². The Hall–Kier alpha value is -2.62. The lowest BCUT2D eigenvalue weighted by Gasteiger charge is -2.06. The minimum Gasteiger partial charge on any atom is -0.439 e. The van der Waals surface area contributed by atoms with E-state index in [1.165, 1.54) is 0 Å². The van der Waals surface area contributed by atoms with Gasteiger partial charge >= 0.3 is 0 Å². The molecule has 0 bridgehead atoms. The van der Waals surface area contributed by atoms with Crippen LogP contribution < -0.4 is 10.1 Å². The topological polar surface area (TPSA) is 51.2 Å². The van der Waals surface area contributed by atoms with Crippen LogP contribution >= 0.6 is 0 Å². The van der Waals surface area contributed by atoms with Crippen molar-refractivity contribution in [3.63, 3.8) is 0 Å². The van der Waals surface area contributed by atoms with Crippen LogP contribution in [0.15, 0.2) is 61.3 Å². The minimum absolute atomic E-state index is 0.161. The molecule has 0 saturated heterocycles. The van der Waals surface area contributed by atoms with Crippen molar-refractivity contribution >= 4 is 5.91 Å². The number of hydrogen-bond acceptors (Lipinski definition) is 3. The number of aromatic nitrogens is 1. The molecule has 0 fully saturated rings. The Kier molecular flexibility index (Phi) is 4.29. The van der Waals surface area contributed by atoms with Crippen LogP contribution in [0.1, 0.15) is 10.4 Å². The summed E-state index contributed by atoms with van der Waals surface area (Å²) < 4.78 is 5.56. The van der Waals surface area contributed by atoms with Gasteiger partial charge in [-0.05, 0) is 24.3 Å². The molecule has 4 nitrogen and oxygen atoms in total. The molecule has 4 heteroatoms. The van der Waals surface area contributed by atoms with Crippen molar-refractivity contribution in [3.8, 4) is 11.6 Å². The maximum Gasteiger partial charge on any atom is 0.251 e. The van der Waals surface area contributed by atoms with E-state index in [9.17, 15) is 4.79 Å². The monoisotopic (exact) mass is 254 g/mol. The summed E-state index contributed by atoms with van der Waals surface area (Å²) in [5.74, 6) is 0.905. The lowest BCUT2D eigenvalue weighted by Crippen LogP contribution is -2.23. The Morgan fingerprint density at radius 1 is 1.32 bits per heavy atom. The number of benzene rings is 1. The van der Waals surface area contributed by atoms with Gasteiger partial charge in [-0.2, -0.15) is 0 Å². The molecule has 1 aromatic carbocycles. The summed E-state index contributed by atoms with van der Waals surface area (Å²) in [7, 11) is 0. The first-order valence-corrected chi connectivity index (χ1v) is 5.87. The van der Waals surface area contributed by atoms with Crippen molar-refractivity contribution in [2.75, 3.05) is 6.54 Å². The molecule has 1 N–H and O–H groups in total. The van der Waals surface area contributed by atoms with Crippen LogP contribution in [-0.4, -0.2) is 17.4 Å². The van der Waals surface area contributed by atoms with Gasteiger partial charge in [0, 0.05) is 24.4 Å². The van der Waals surface area contributed by atoms with Gasteiger partial charge in [0.25, 0.3) is 5.91 Å². The third-order valence-electron chi connectivity index (χ3n) is 2.36. The zero-order valence-electron chi connectivity index (χ0n) is 10.4. The van der Waals surface area contributed by atoms with Gasteiger partial charge in [-0.15, -0.1) is 6.58 Å². The molecule has 0 aliphatic rings. The number of pyridine rings is 1. The van der Waals surface area contributed by atoms with Crippen LogP contribution in [0.4, 0.5) is 0 Å². The zero-order chi connectivity index (χ0) is 13.5. The van der Waals surface area contributed by atoms with E-state index < -0.39 is 0 Å². The molecule has 0 saturated carbocycles. The highest BCUT2D eigenvalue weighted by atomic mass is 16.5. The predicted octanol–water partition coefficient (Wildman–Crippen LogP) is 2.79. The van der Waals surface area contributed by atoms with E-state index in [1.807, 2.05) is 12.1 Å². The van der Waals surface area contributed by atoms with Gasteiger partial charge in [0.15, 0.2) is 0 Å². The van der Waals surface area contributed by atoms with Crippen LogP contribution in [0.25, 0.3) is 0 Å². The van der Waals surface area contributed by atoms with Crippen LogP contribution in [0, 0.1) is 0 Å². The second-order valence-electron chi connectivity index (χ2n) is 3.80. The summed E-state index contributed by atoms with van der Waals surface area (Å²) in [6.07, 6.45) is 3.28. The summed E-state index contributed by atoms with van der Waals surface area (Å²) in [5, 5.41) is 2.71. The highest BCUT2D eigenvalue weighted by Crippen LogP contribution is 2.19. The molecule has 0 atom stereocenters. The lowest BCUT2D eigenvalue weighted by atomic mass is 10.2. The molecule has 2 rings (SSSR count). The Morgan fingerprint density at radius 2 is 2.21 bits per heavy atom. The molecule has 0 aliphatic carbocycles.